The number of hydrogen-bond acceptors (Lipinski definition) is 8. The highest BCUT2D eigenvalue weighted by molar-refractivity contribution is 7.90. The Morgan fingerprint density at radius 2 is 1.72 bits per heavy atom. The number of nitrogens with two attached hydrogens (primary N) is 1. The van der Waals surface area contributed by atoms with Crippen LogP contribution in [0, 0.1) is 6.92 Å². The first kappa shape index (κ1) is 31.4. The molecule has 1 aliphatic heterocycles. The largest absolute Gasteiger partial charge is 0.493 e. The monoisotopic (exact) mass is 608 g/mol. The van der Waals surface area contributed by atoms with Crippen LogP contribution in [0.2, 0.25) is 0 Å². The minimum atomic E-state index is -3.66. The molecule has 1 saturated heterocycles. The number of methoxy groups -OCH3 is 2. The van der Waals surface area contributed by atoms with E-state index in [4.69, 9.17) is 15.2 Å². The summed E-state index contributed by atoms with van der Waals surface area (Å²) in [6.45, 7) is 3.58. The minimum absolute atomic E-state index is 0.0898. The lowest BCUT2D eigenvalue weighted by atomic mass is 10.00. The molecule has 0 saturated carbocycles. The van der Waals surface area contributed by atoms with Gasteiger partial charge in [-0.05, 0) is 78.9 Å². The summed E-state index contributed by atoms with van der Waals surface area (Å²) in [5, 5.41) is 6.01. The van der Waals surface area contributed by atoms with Crippen LogP contribution >= 0.6 is 0 Å². The molecule has 11 nitrogen and oxygen atoms in total. The molecule has 4 rings (SSSR count). The van der Waals surface area contributed by atoms with Crippen molar-refractivity contribution in [1.82, 2.24) is 4.90 Å². The van der Waals surface area contributed by atoms with Crippen molar-refractivity contribution in [3.63, 3.8) is 0 Å². The molecular weight excluding hydrogens is 572 g/mol. The molecule has 12 heteroatoms. The lowest BCUT2D eigenvalue weighted by molar-refractivity contribution is -0.133. The number of benzene rings is 3. The number of amides is 3. The van der Waals surface area contributed by atoms with Gasteiger partial charge in [-0.1, -0.05) is 12.1 Å². The Hall–Kier alpha value is -4.58. The third-order valence-corrected chi connectivity index (χ3v) is 8.61. The fourth-order valence-corrected chi connectivity index (χ4v) is 6.29. The maximum absolute atomic E-state index is 14.5. The van der Waals surface area contributed by atoms with E-state index in [0.717, 1.165) is 11.8 Å². The fraction of sp³-hybridized carbons (Fsp3) is 0.323. The van der Waals surface area contributed by atoms with Crippen molar-refractivity contribution in [2.45, 2.75) is 43.7 Å². The summed E-state index contributed by atoms with van der Waals surface area (Å²) < 4.78 is 36.5. The summed E-state index contributed by atoms with van der Waals surface area (Å²) in [6.07, 6.45) is 2.28. The minimum Gasteiger partial charge on any atom is -0.493 e. The van der Waals surface area contributed by atoms with E-state index < -0.39 is 27.8 Å². The lowest BCUT2D eigenvalue weighted by Crippen LogP contribution is -2.38. The molecule has 0 aliphatic carbocycles. The third-order valence-electron chi connectivity index (χ3n) is 7.43. The number of carbonyl (C=O) groups excluding carboxylic acids is 3. The van der Waals surface area contributed by atoms with Crippen molar-refractivity contribution in [2.75, 3.05) is 37.7 Å². The Labute approximate surface area is 251 Å². The summed E-state index contributed by atoms with van der Waals surface area (Å²) in [6, 6.07) is 13.2. The molecule has 43 heavy (non-hydrogen) atoms. The molecule has 0 aromatic heterocycles. The lowest BCUT2D eigenvalue weighted by Gasteiger charge is -2.32. The second-order valence-corrected chi connectivity index (χ2v) is 12.5. The average Bonchev–Trinajstić information content (AvgIpc) is 3.45. The molecule has 3 amide bonds. The van der Waals surface area contributed by atoms with Crippen LogP contribution in [-0.4, -0.2) is 58.1 Å². The first-order valence-corrected chi connectivity index (χ1v) is 15.5. The number of nitrogens with one attached hydrogen (secondary N) is 2. The van der Waals surface area contributed by atoms with Crippen LogP contribution < -0.4 is 25.8 Å². The van der Waals surface area contributed by atoms with Crippen LogP contribution in [0.3, 0.4) is 0 Å². The normalized spacial score (nSPS) is 15.5. The highest BCUT2D eigenvalue weighted by Crippen LogP contribution is 2.40. The molecule has 1 aliphatic rings. The molecule has 0 unspecified atom stereocenters. The molecule has 4 N–H and O–H groups in total. The van der Waals surface area contributed by atoms with Gasteiger partial charge in [-0.15, -0.1) is 0 Å². The molecule has 1 fully saturated rings. The fourth-order valence-electron chi connectivity index (χ4n) is 5.35. The van der Waals surface area contributed by atoms with Gasteiger partial charge in [0.2, 0.25) is 17.7 Å². The molecule has 228 valence electrons. The number of likely N-dealkylation sites (tertiary alicyclic amines) is 1. The van der Waals surface area contributed by atoms with Gasteiger partial charge < -0.3 is 30.7 Å². The van der Waals surface area contributed by atoms with E-state index in [2.05, 4.69) is 10.6 Å². The Kier molecular flexibility index (Phi) is 9.29. The molecule has 2 atom stereocenters. The SMILES string of the molecule is COc1ccc([C@H](Nc2cc(C(N)=O)ccc2C)C(=O)N2CCC[C@@H]2c2cc(NC(C)=O)ccc2S(C)(=O)=O)cc1OC. The molecule has 0 spiro atoms. The van der Waals surface area contributed by atoms with E-state index in [-0.39, 0.29) is 22.3 Å². The van der Waals surface area contributed by atoms with Crippen molar-refractivity contribution in [1.29, 1.82) is 0 Å². The zero-order valence-corrected chi connectivity index (χ0v) is 25.6. The van der Waals surface area contributed by atoms with Crippen molar-refractivity contribution in [2.24, 2.45) is 5.73 Å². The predicted molar refractivity (Wildman–Crippen MR) is 163 cm³/mol. The first-order valence-electron chi connectivity index (χ1n) is 13.6. The van der Waals surface area contributed by atoms with E-state index in [1.54, 1.807) is 47.4 Å². The summed E-state index contributed by atoms with van der Waals surface area (Å²) in [7, 11) is -0.650. The number of sulfone groups is 1. The van der Waals surface area contributed by atoms with Crippen LogP contribution in [0.1, 0.15) is 58.9 Å². The second-order valence-electron chi connectivity index (χ2n) is 10.5. The third kappa shape index (κ3) is 6.91. The van der Waals surface area contributed by atoms with E-state index in [9.17, 15) is 22.8 Å². The van der Waals surface area contributed by atoms with Gasteiger partial charge in [-0.3, -0.25) is 14.4 Å². The Balaban J connectivity index is 1.83. The van der Waals surface area contributed by atoms with Gasteiger partial charge in [0.25, 0.3) is 0 Å². The van der Waals surface area contributed by atoms with E-state index in [0.29, 0.717) is 53.4 Å². The maximum Gasteiger partial charge on any atom is 0.250 e. The van der Waals surface area contributed by atoms with Crippen LogP contribution in [-0.2, 0) is 19.4 Å². The number of ether oxygens (including phenoxy) is 2. The number of hydrogen-bond donors (Lipinski definition) is 3. The van der Waals surface area contributed by atoms with Gasteiger partial charge in [0.1, 0.15) is 6.04 Å². The van der Waals surface area contributed by atoms with Crippen molar-refractivity contribution < 1.29 is 32.3 Å². The molecular formula is C31H36N4O7S. The zero-order chi connectivity index (χ0) is 31.5. The summed E-state index contributed by atoms with van der Waals surface area (Å²) in [4.78, 5) is 40.0. The van der Waals surface area contributed by atoms with Crippen molar-refractivity contribution >= 4 is 38.9 Å². The van der Waals surface area contributed by atoms with Crippen molar-refractivity contribution in [3.8, 4) is 11.5 Å². The number of carbonyl (C=O) groups is 3. The van der Waals surface area contributed by atoms with E-state index >= 15 is 0 Å². The van der Waals surface area contributed by atoms with Gasteiger partial charge >= 0.3 is 0 Å². The van der Waals surface area contributed by atoms with Crippen molar-refractivity contribution in [3.05, 3.63) is 76.9 Å². The van der Waals surface area contributed by atoms with Gasteiger partial charge in [0.15, 0.2) is 21.3 Å². The number of anilines is 2. The van der Waals surface area contributed by atoms with Crippen LogP contribution in [0.5, 0.6) is 11.5 Å². The van der Waals surface area contributed by atoms with Gasteiger partial charge in [0.05, 0.1) is 25.2 Å². The average molecular weight is 609 g/mol. The number of aryl methyl sites for hydroxylation is 1. The van der Waals surface area contributed by atoms with Gasteiger partial charge in [0, 0.05) is 36.7 Å². The smallest absolute Gasteiger partial charge is 0.250 e. The van der Waals surface area contributed by atoms with Crippen LogP contribution in [0.15, 0.2) is 59.5 Å². The topological polar surface area (TPSA) is 157 Å². The highest BCUT2D eigenvalue weighted by Gasteiger charge is 2.37. The number of rotatable bonds is 10. The molecule has 3 aromatic carbocycles. The van der Waals surface area contributed by atoms with E-state index in [1.807, 2.05) is 6.92 Å². The molecule has 1 heterocycles. The van der Waals surface area contributed by atoms with Gasteiger partial charge in [-0.25, -0.2) is 8.42 Å². The van der Waals surface area contributed by atoms with E-state index in [1.165, 1.54) is 33.3 Å². The van der Waals surface area contributed by atoms with Crippen LogP contribution in [0.4, 0.5) is 11.4 Å². The number of nitrogens with zero attached hydrogens (tertiary/aromatic N) is 1. The Morgan fingerprint density at radius 1 is 1.00 bits per heavy atom. The maximum atomic E-state index is 14.5. The summed E-state index contributed by atoms with van der Waals surface area (Å²) in [5.41, 5.74) is 8.54. The first-order chi connectivity index (χ1) is 20.3. The zero-order valence-electron chi connectivity index (χ0n) is 24.8. The molecule has 0 radical (unpaired) electrons. The Bertz CT molecular complexity index is 1670. The van der Waals surface area contributed by atoms with Crippen LogP contribution in [0.25, 0.3) is 0 Å². The standard InChI is InChI=1S/C31H36N4O7S/c1-18-8-9-21(30(32)37)15-24(18)34-29(20-10-12-26(41-3)27(16-20)42-4)31(38)35-14-6-7-25(35)23-17-22(33-19(2)36)11-13-28(23)43(5,39)40/h8-13,15-17,25,29,34H,6-7,14H2,1-5H3,(H2,32,37)(H,33,36)/t25-,29+/m1/s1. The Morgan fingerprint density at radius 3 is 2.35 bits per heavy atom. The molecule has 0 bridgehead atoms. The quantitative estimate of drug-likeness (QED) is 0.312. The second kappa shape index (κ2) is 12.7. The predicted octanol–water partition coefficient (Wildman–Crippen LogP) is 3.99. The van der Waals surface area contributed by atoms with Gasteiger partial charge in [-0.2, -0.15) is 0 Å². The molecule has 3 aromatic rings. The summed E-state index contributed by atoms with van der Waals surface area (Å²) in [5.74, 6) is -0.325. The highest BCUT2D eigenvalue weighted by atomic mass is 32.2. The number of primary amides is 1. The summed E-state index contributed by atoms with van der Waals surface area (Å²) >= 11 is 0.